The molecule has 4 N–H and O–H groups in total. The van der Waals surface area contributed by atoms with Crippen LogP contribution in [0.5, 0.6) is 34.5 Å². The van der Waals surface area contributed by atoms with Gasteiger partial charge < -0.3 is 25.2 Å². The summed E-state index contributed by atoms with van der Waals surface area (Å²) in [4.78, 5) is 20.1. The number of nitrogens with zero attached hydrogens (tertiary/aromatic N) is 4. The van der Waals surface area contributed by atoms with E-state index in [2.05, 4.69) is 0 Å². The van der Waals surface area contributed by atoms with Crippen molar-refractivity contribution in [2.75, 3.05) is 0 Å². The van der Waals surface area contributed by atoms with Gasteiger partial charge in [0.2, 0.25) is 0 Å². The number of para-hydroxylation sites is 2. The van der Waals surface area contributed by atoms with Gasteiger partial charge in [-0.25, -0.2) is 19.9 Å². The van der Waals surface area contributed by atoms with E-state index in [4.69, 9.17) is 24.7 Å². The fraction of sp³-hybridized carbons (Fsp3) is 0. The Morgan fingerprint density at radius 2 is 0.612 bits per heavy atom. The van der Waals surface area contributed by atoms with Crippen LogP contribution in [0.2, 0.25) is 0 Å². The van der Waals surface area contributed by atoms with Crippen LogP contribution >= 0.6 is 0 Å². The smallest absolute Gasteiger partial charge is 0.155 e. The van der Waals surface area contributed by atoms with Crippen molar-refractivity contribution < 1.29 is 25.2 Å². The number of hydrogen-bond acceptors (Lipinski definition) is 9. The van der Waals surface area contributed by atoms with Crippen LogP contribution in [0.15, 0.2) is 133 Å². The summed E-state index contributed by atoms with van der Waals surface area (Å²) in [6.45, 7) is 0. The van der Waals surface area contributed by atoms with Crippen LogP contribution in [-0.4, -0.2) is 40.4 Å². The van der Waals surface area contributed by atoms with Crippen molar-refractivity contribution in [3.63, 3.8) is 0 Å². The van der Waals surface area contributed by atoms with Crippen molar-refractivity contribution in [3.8, 4) is 79.5 Å². The van der Waals surface area contributed by atoms with Crippen LogP contribution in [0.25, 0.3) is 67.1 Å². The van der Waals surface area contributed by atoms with E-state index in [0.29, 0.717) is 56.3 Å². The van der Waals surface area contributed by atoms with Gasteiger partial charge in [-0.15, -0.1) is 0 Å². The Morgan fingerprint density at radius 3 is 0.918 bits per heavy atom. The van der Waals surface area contributed by atoms with Gasteiger partial charge in [0.05, 0.1) is 33.8 Å². The summed E-state index contributed by atoms with van der Waals surface area (Å²) in [5.74, 6) is 1.44. The lowest BCUT2D eigenvalue weighted by atomic mass is 10.0. The summed E-state index contributed by atoms with van der Waals surface area (Å²) >= 11 is 0. The van der Waals surface area contributed by atoms with Crippen molar-refractivity contribution in [1.29, 1.82) is 0 Å². The van der Waals surface area contributed by atoms with Crippen molar-refractivity contribution >= 4 is 22.1 Å². The molecule has 6 aromatic carbocycles. The second-order valence-corrected chi connectivity index (χ2v) is 11.4. The Bertz CT molecular complexity index is 2310. The fourth-order valence-corrected chi connectivity index (χ4v) is 5.67. The van der Waals surface area contributed by atoms with Gasteiger partial charge in [-0.1, -0.05) is 12.1 Å². The number of phenols is 4. The van der Waals surface area contributed by atoms with E-state index >= 15 is 0 Å². The molecule has 0 spiro atoms. The Balaban J connectivity index is 1.29. The fourth-order valence-electron chi connectivity index (χ4n) is 5.67. The molecule has 0 bridgehead atoms. The van der Waals surface area contributed by atoms with Gasteiger partial charge in [0.15, 0.2) is 11.5 Å². The molecule has 0 amide bonds. The number of rotatable bonds is 6. The summed E-state index contributed by atoms with van der Waals surface area (Å²) in [7, 11) is 0. The normalized spacial score (nSPS) is 11.2. The molecule has 0 unspecified atom stereocenters. The summed E-state index contributed by atoms with van der Waals surface area (Å²) in [6, 6.07) is 38.0. The molecule has 2 aromatic heterocycles. The standard InChI is InChI=1S/C40H26N4O5/c45-27-15-7-23(8-16-27)35-37(25-11-19-29(47)20-12-25)43-39-31(41-35)3-1-5-33(39)49-34-6-2-4-32-40(34)44-38(26-13-21-30(48)22-14-26)36(42-32)24-9-17-28(46)18-10-24/h1-22,45-48H. The van der Waals surface area contributed by atoms with E-state index in [1.54, 1.807) is 97.1 Å². The topological polar surface area (TPSA) is 142 Å². The molecule has 0 saturated carbocycles. The van der Waals surface area contributed by atoms with E-state index in [1.807, 2.05) is 36.4 Å². The Kier molecular flexibility index (Phi) is 7.19. The molecule has 9 heteroatoms. The molecular weight excluding hydrogens is 616 g/mol. The van der Waals surface area contributed by atoms with Gasteiger partial charge >= 0.3 is 0 Å². The van der Waals surface area contributed by atoms with Crippen LogP contribution in [-0.2, 0) is 0 Å². The van der Waals surface area contributed by atoms with Crippen LogP contribution < -0.4 is 4.74 Å². The first kappa shape index (κ1) is 29.4. The van der Waals surface area contributed by atoms with Crippen molar-refractivity contribution in [2.24, 2.45) is 0 Å². The molecule has 0 aliphatic rings. The highest BCUT2D eigenvalue weighted by molar-refractivity contribution is 5.92. The highest BCUT2D eigenvalue weighted by atomic mass is 16.5. The quantitative estimate of drug-likeness (QED) is 0.140. The van der Waals surface area contributed by atoms with Crippen molar-refractivity contribution in [1.82, 2.24) is 19.9 Å². The van der Waals surface area contributed by atoms with Gasteiger partial charge in [-0.2, -0.15) is 0 Å². The number of aromatic nitrogens is 4. The molecule has 0 fully saturated rings. The average molecular weight is 643 g/mol. The maximum atomic E-state index is 9.97. The molecule has 236 valence electrons. The molecule has 0 atom stereocenters. The highest BCUT2D eigenvalue weighted by Crippen LogP contribution is 2.39. The van der Waals surface area contributed by atoms with Crippen LogP contribution in [0.4, 0.5) is 0 Å². The van der Waals surface area contributed by atoms with Crippen molar-refractivity contribution in [3.05, 3.63) is 133 Å². The zero-order valence-corrected chi connectivity index (χ0v) is 25.7. The Hall–Kier alpha value is -7.00. The highest BCUT2D eigenvalue weighted by Gasteiger charge is 2.19. The second-order valence-electron chi connectivity index (χ2n) is 11.4. The minimum atomic E-state index is 0.130. The molecule has 0 saturated heterocycles. The number of hydrogen-bond donors (Lipinski definition) is 4. The molecule has 9 nitrogen and oxygen atoms in total. The van der Waals surface area contributed by atoms with Crippen molar-refractivity contribution in [2.45, 2.75) is 0 Å². The molecule has 0 aliphatic heterocycles. The molecular formula is C40H26N4O5. The third kappa shape index (κ3) is 5.66. The molecule has 8 aromatic rings. The minimum absolute atomic E-state index is 0.130. The number of phenolic OH excluding ortho intramolecular Hbond substituents is 4. The first-order valence-corrected chi connectivity index (χ1v) is 15.4. The second kappa shape index (κ2) is 12.0. The number of fused-ring (bicyclic) bond motifs is 2. The summed E-state index contributed by atoms with van der Waals surface area (Å²) < 4.78 is 6.60. The average Bonchev–Trinajstić information content (AvgIpc) is 3.12. The Labute approximate surface area is 279 Å². The van der Waals surface area contributed by atoms with E-state index in [1.165, 1.54) is 0 Å². The summed E-state index contributed by atoms with van der Waals surface area (Å²) in [6.07, 6.45) is 0. The van der Waals surface area contributed by atoms with Gasteiger partial charge in [0, 0.05) is 22.3 Å². The molecule has 2 heterocycles. The van der Waals surface area contributed by atoms with Gasteiger partial charge in [-0.3, -0.25) is 0 Å². The van der Waals surface area contributed by atoms with E-state index in [9.17, 15) is 20.4 Å². The number of aromatic hydroxyl groups is 4. The molecule has 49 heavy (non-hydrogen) atoms. The summed E-state index contributed by atoms with van der Waals surface area (Å²) in [5, 5.41) is 39.8. The number of benzene rings is 6. The van der Waals surface area contributed by atoms with Gasteiger partial charge in [-0.05, 0) is 121 Å². The first-order chi connectivity index (χ1) is 23.9. The maximum Gasteiger partial charge on any atom is 0.155 e. The molecule has 0 aliphatic carbocycles. The first-order valence-electron chi connectivity index (χ1n) is 15.4. The van der Waals surface area contributed by atoms with Gasteiger partial charge in [0.25, 0.3) is 0 Å². The van der Waals surface area contributed by atoms with E-state index in [0.717, 1.165) is 22.3 Å². The zero-order valence-electron chi connectivity index (χ0n) is 25.7. The Morgan fingerprint density at radius 1 is 0.327 bits per heavy atom. The summed E-state index contributed by atoms with van der Waals surface area (Å²) in [5.41, 5.74) is 7.55. The van der Waals surface area contributed by atoms with Gasteiger partial charge in [0.1, 0.15) is 34.0 Å². The predicted octanol–water partition coefficient (Wildman–Crippen LogP) is 8.86. The molecule has 0 radical (unpaired) electrons. The van der Waals surface area contributed by atoms with Crippen LogP contribution in [0.1, 0.15) is 0 Å². The lowest BCUT2D eigenvalue weighted by Gasteiger charge is -2.15. The third-order valence-corrected chi connectivity index (χ3v) is 8.10. The lowest BCUT2D eigenvalue weighted by Crippen LogP contribution is -1.99. The van der Waals surface area contributed by atoms with E-state index < -0.39 is 0 Å². The van der Waals surface area contributed by atoms with E-state index in [-0.39, 0.29) is 23.0 Å². The third-order valence-electron chi connectivity index (χ3n) is 8.10. The SMILES string of the molecule is Oc1ccc(-c2nc3cccc(Oc4cccc5nc(-c6ccc(O)cc6)c(-c6ccc(O)cc6)nc45)c3nc2-c2ccc(O)cc2)cc1. The monoisotopic (exact) mass is 642 g/mol. The zero-order chi connectivity index (χ0) is 33.5. The molecule has 8 rings (SSSR count). The largest absolute Gasteiger partial charge is 0.508 e. The van der Waals surface area contributed by atoms with Crippen LogP contribution in [0.3, 0.4) is 0 Å². The minimum Gasteiger partial charge on any atom is -0.508 e. The predicted molar refractivity (Wildman–Crippen MR) is 188 cm³/mol. The number of ether oxygens (including phenoxy) is 1. The van der Waals surface area contributed by atoms with Crippen LogP contribution in [0, 0.1) is 0 Å². The maximum absolute atomic E-state index is 9.97. The lowest BCUT2D eigenvalue weighted by molar-refractivity contribution is 0.475.